The monoisotopic (exact) mass is 275 g/mol. The Bertz CT molecular complexity index is 561. The quantitative estimate of drug-likeness (QED) is 0.816. The molecule has 1 aromatic heterocycles. The fraction of sp³-hybridized carbons (Fsp3) is 0.438. The van der Waals surface area contributed by atoms with Crippen LogP contribution in [0.4, 0.5) is 4.39 Å². The molecule has 0 fully saturated rings. The van der Waals surface area contributed by atoms with Gasteiger partial charge in [-0.15, -0.1) is 0 Å². The third-order valence-corrected chi connectivity index (χ3v) is 3.22. The number of rotatable bonds is 6. The number of hydrogen-bond donors (Lipinski definition) is 1. The molecular weight excluding hydrogens is 253 g/mol. The van der Waals surface area contributed by atoms with Crippen molar-refractivity contribution in [2.75, 3.05) is 6.54 Å². The number of nitrogens with one attached hydrogen (secondary N) is 1. The second kappa shape index (κ2) is 6.66. The van der Waals surface area contributed by atoms with Crippen LogP contribution >= 0.6 is 0 Å². The molecule has 108 valence electrons. The third kappa shape index (κ3) is 3.45. The molecule has 3 nitrogen and oxygen atoms in total. The van der Waals surface area contributed by atoms with Gasteiger partial charge in [-0.05, 0) is 42.6 Å². The molecule has 0 saturated carbocycles. The van der Waals surface area contributed by atoms with Crippen molar-refractivity contribution >= 4 is 0 Å². The van der Waals surface area contributed by atoms with Crippen LogP contribution in [-0.4, -0.2) is 16.3 Å². The molecule has 0 unspecified atom stereocenters. The molecule has 1 aromatic carbocycles. The van der Waals surface area contributed by atoms with Crippen molar-refractivity contribution in [2.24, 2.45) is 0 Å². The first-order valence-corrected chi connectivity index (χ1v) is 7.17. The summed E-state index contributed by atoms with van der Waals surface area (Å²) in [6.45, 7) is 7.90. The van der Waals surface area contributed by atoms with E-state index in [0.717, 1.165) is 24.2 Å². The molecular formula is C16H22FN3. The van der Waals surface area contributed by atoms with Gasteiger partial charge in [0, 0.05) is 12.7 Å². The van der Waals surface area contributed by atoms with E-state index in [1.807, 2.05) is 18.3 Å². The molecule has 0 bridgehead atoms. The largest absolute Gasteiger partial charge is 0.313 e. The predicted molar refractivity (Wildman–Crippen MR) is 79.6 cm³/mol. The highest BCUT2D eigenvalue weighted by Crippen LogP contribution is 2.17. The van der Waals surface area contributed by atoms with E-state index in [2.05, 4.69) is 31.2 Å². The van der Waals surface area contributed by atoms with Crippen molar-refractivity contribution in [2.45, 2.75) is 39.7 Å². The van der Waals surface area contributed by atoms with Gasteiger partial charge in [0.05, 0.1) is 5.69 Å². The molecule has 2 rings (SSSR count). The standard InChI is InChI=1S/C16H22FN3/c1-4-8-18-11-13-5-6-16(14(17)10-13)20-9-7-15(19-20)12(2)3/h5-7,9-10,12,18H,4,8,11H2,1-3H3. The van der Waals surface area contributed by atoms with Crippen LogP contribution in [0.15, 0.2) is 30.5 Å². The number of halogens is 1. The normalized spacial score (nSPS) is 11.2. The lowest BCUT2D eigenvalue weighted by atomic mass is 10.1. The van der Waals surface area contributed by atoms with Crippen LogP contribution in [0.5, 0.6) is 0 Å². The van der Waals surface area contributed by atoms with Gasteiger partial charge in [-0.1, -0.05) is 26.8 Å². The van der Waals surface area contributed by atoms with E-state index in [0.29, 0.717) is 18.2 Å². The second-order valence-corrected chi connectivity index (χ2v) is 5.30. The van der Waals surface area contributed by atoms with E-state index in [-0.39, 0.29) is 5.82 Å². The first-order valence-electron chi connectivity index (χ1n) is 7.17. The molecule has 0 aliphatic heterocycles. The highest BCUT2D eigenvalue weighted by Gasteiger charge is 2.09. The first kappa shape index (κ1) is 14.7. The van der Waals surface area contributed by atoms with Crippen LogP contribution in [0.1, 0.15) is 44.4 Å². The Morgan fingerprint density at radius 2 is 2.10 bits per heavy atom. The zero-order valence-electron chi connectivity index (χ0n) is 12.4. The van der Waals surface area contributed by atoms with Crippen LogP contribution in [-0.2, 0) is 6.54 Å². The van der Waals surface area contributed by atoms with E-state index in [9.17, 15) is 4.39 Å². The van der Waals surface area contributed by atoms with E-state index >= 15 is 0 Å². The summed E-state index contributed by atoms with van der Waals surface area (Å²) in [6, 6.07) is 7.24. The lowest BCUT2D eigenvalue weighted by Gasteiger charge is -2.07. The zero-order chi connectivity index (χ0) is 14.5. The Labute approximate surface area is 119 Å². The summed E-state index contributed by atoms with van der Waals surface area (Å²) in [6.07, 6.45) is 2.88. The summed E-state index contributed by atoms with van der Waals surface area (Å²) in [4.78, 5) is 0. The van der Waals surface area contributed by atoms with Crippen LogP contribution < -0.4 is 5.32 Å². The van der Waals surface area contributed by atoms with Crippen LogP contribution in [0, 0.1) is 5.82 Å². The molecule has 1 heterocycles. The smallest absolute Gasteiger partial charge is 0.149 e. The minimum absolute atomic E-state index is 0.237. The number of hydrogen-bond acceptors (Lipinski definition) is 2. The Hall–Kier alpha value is -1.68. The Balaban J connectivity index is 2.16. The molecule has 1 N–H and O–H groups in total. The molecule has 0 amide bonds. The molecule has 2 aromatic rings. The molecule has 0 aliphatic carbocycles. The second-order valence-electron chi connectivity index (χ2n) is 5.30. The molecule has 0 spiro atoms. The van der Waals surface area contributed by atoms with Crippen molar-refractivity contribution in [1.82, 2.24) is 15.1 Å². The summed E-state index contributed by atoms with van der Waals surface area (Å²) in [5.41, 5.74) is 2.42. The summed E-state index contributed by atoms with van der Waals surface area (Å²) < 4.78 is 15.8. The highest BCUT2D eigenvalue weighted by atomic mass is 19.1. The van der Waals surface area contributed by atoms with Gasteiger partial charge in [0.2, 0.25) is 0 Å². The SMILES string of the molecule is CCCNCc1ccc(-n2ccc(C(C)C)n2)c(F)c1. The summed E-state index contributed by atoms with van der Waals surface area (Å²) in [5.74, 6) is 0.107. The topological polar surface area (TPSA) is 29.9 Å². The Morgan fingerprint density at radius 3 is 2.70 bits per heavy atom. The minimum atomic E-state index is -0.237. The molecule has 4 heteroatoms. The van der Waals surface area contributed by atoms with E-state index in [1.54, 1.807) is 16.8 Å². The van der Waals surface area contributed by atoms with Gasteiger partial charge in [0.25, 0.3) is 0 Å². The molecule has 20 heavy (non-hydrogen) atoms. The fourth-order valence-corrected chi connectivity index (χ4v) is 2.04. The maximum Gasteiger partial charge on any atom is 0.149 e. The van der Waals surface area contributed by atoms with Gasteiger partial charge in [-0.25, -0.2) is 9.07 Å². The zero-order valence-corrected chi connectivity index (χ0v) is 12.4. The van der Waals surface area contributed by atoms with Crippen molar-refractivity contribution in [3.8, 4) is 5.69 Å². The Kier molecular flexibility index (Phi) is 4.90. The molecule has 0 radical (unpaired) electrons. The number of aromatic nitrogens is 2. The summed E-state index contributed by atoms with van der Waals surface area (Å²) in [5, 5.41) is 7.67. The lowest BCUT2D eigenvalue weighted by Crippen LogP contribution is -2.14. The average molecular weight is 275 g/mol. The third-order valence-electron chi connectivity index (χ3n) is 3.22. The van der Waals surface area contributed by atoms with Gasteiger partial charge in [-0.2, -0.15) is 5.10 Å². The van der Waals surface area contributed by atoms with Gasteiger partial charge < -0.3 is 5.32 Å². The fourth-order valence-electron chi connectivity index (χ4n) is 2.04. The predicted octanol–water partition coefficient (Wildman–Crippen LogP) is 3.63. The van der Waals surface area contributed by atoms with Crippen LogP contribution in [0.25, 0.3) is 5.69 Å². The lowest BCUT2D eigenvalue weighted by molar-refractivity contribution is 0.602. The van der Waals surface area contributed by atoms with Gasteiger partial charge in [0.15, 0.2) is 0 Å². The van der Waals surface area contributed by atoms with Gasteiger partial charge >= 0.3 is 0 Å². The van der Waals surface area contributed by atoms with Crippen molar-refractivity contribution in [3.63, 3.8) is 0 Å². The maximum atomic E-state index is 14.2. The molecule has 0 atom stereocenters. The number of nitrogens with zero attached hydrogens (tertiary/aromatic N) is 2. The van der Waals surface area contributed by atoms with E-state index in [4.69, 9.17) is 0 Å². The molecule has 0 saturated heterocycles. The maximum absolute atomic E-state index is 14.2. The summed E-state index contributed by atoms with van der Waals surface area (Å²) in [7, 11) is 0. The summed E-state index contributed by atoms with van der Waals surface area (Å²) >= 11 is 0. The first-order chi connectivity index (χ1) is 9.61. The molecule has 0 aliphatic rings. The highest BCUT2D eigenvalue weighted by molar-refractivity contribution is 5.36. The van der Waals surface area contributed by atoms with E-state index in [1.165, 1.54) is 0 Å². The van der Waals surface area contributed by atoms with Crippen molar-refractivity contribution in [1.29, 1.82) is 0 Å². The van der Waals surface area contributed by atoms with E-state index < -0.39 is 0 Å². The van der Waals surface area contributed by atoms with Crippen molar-refractivity contribution in [3.05, 3.63) is 47.5 Å². The average Bonchev–Trinajstić information content (AvgIpc) is 2.89. The van der Waals surface area contributed by atoms with Crippen LogP contribution in [0.2, 0.25) is 0 Å². The number of benzene rings is 1. The van der Waals surface area contributed by atoms with Crippen molar-refractivity contribution < 1.29 is 4.39 Å². The van der Waals surface area contributed by atoms with Crippen LogP contribution in [0.3, 0.4) is 0 Å². The van der Waals surface area contributed by atoms with Gasteiger partial charge in [-0.3, -0.25) is 0 Å². The Morgan fingerprint density at radius 1 is 1.30 bits per heavy atom. The minimum Gasteiger partial charge on any atom is -0.313 e. The van der Waals surface area contributed by atoms with Gasteiger partial charge in [0.1, 0.15) is 11.5 Å².